The van der Waals surface area contributed by atoms with E-state index in [1.54, 1.807) is 18.2 Å². The van der Waals surface area contributed by atoms with Gasteiger partial charge in [-0.05, 0) is 30.4 Å². The van der Waals surface area contributed by atoms with E-state index in [0.29, 0.717) is 12.0 Å². The summed E-state index contributed by atoms with van der Waals surface area (Å²) in [5.74, 6) is 0. The van der Waals surface area contributed by atoms with Crippen molar-refractivity contribution in [2.45, 2.75) is 27.4 Å². The summed E-state index contributed by atoms with van der Waals surface area (Å²) in [6.07, 6.45) is 2.24. The SMILES string of the molecule is [O]CCCCc1cccc(C(Cl)(Cl)C(Cl)(Cl)Cl)c1. The Labute approximate surface area is 132 Å². The lowest BCUT2D eigenvalue weighted by molar-refractivity contribution is 0.187. The predicted octanol–water partition coefficient (Wildman–Crippen LogP) is 5.44. The average molecular weight is 349 g/mol. The Morgan fingerprint density at radius 2 is 1.67 bits per heavy atom. The van der Waals surface area contributed by atoms with Gasteiger partial charge in [-0.2, -0.15) is 0 Å². The molecule has 0 aliphatic heterocycles. The molecule has 0 saturated carbocycles. The van der Waals surface area contributed by atoms with Crippen LogP contribution >= 0.6 is 58.0 Å². The lowest BCUT2D eigenvalue weighted by Gasteiger charge is -2.28. The molecule has 1 aromatic rings. The molecule has 0 saturated heterocycles. The minimum absolute atomic E-state index is 0.0667. The zero-order chi connectivity index (χ0) is 13.8. The molecule has 1 nitrogen and oxygen atoms in total. The number of aryl methyl sites for hydroxylation is 1. The smallest absolute Gasteiger partial charge is 0.227 e. The van der Waals surface area contributed by atoms with Crippen LogP contribution in [0.5, 0.6) is 0 Å². The minimum Gasteiger partial charge on any atom is -0.237 e. The Morgan fingerprint density at radius 1 is 1.00 bits per heavy atom. The van der Waals surface area contributed by atoms with Crippen molar-refractivity contribution in [1.29, 1.82) is 0 Å². The molecular formula is C12H12Cl5O. The summed E-state index contributed by atoms with van der Waals surface area (Å²) in [5, 5.41) is 10.4. The fourth-order valence-electron chi connectivity index (χ4n) is 1.52. The molecule has 18 heavy (non-hydrogen) atoms. The first-order chi connectivity index (χ1) is 8.29. The minimum atomic E-state index is -1.82. The van der Waals surface area contributed by atoms with Crippen molar-refractivity contribution in [2.24, 2.45) is 0 Å². The summed E-state index contributed by atoms with van der Waals surface area (Å²) in [7, 11) is 0. The van der Waals surface area contributed by atoms with E-state index >= 15 is 0 Å². The van der Waals surface area contributed by atoms with Crippen LogP contribution in [0.1, 0.15) is 24.0 Å². The van der Waals surface area contributed by atoms with Gasteiger partial charge in [0.05, 0.1) is 6.61 Å². The van der Waals surface area contributed by atoms with Gasteiger partial charge in [0.15, 0.2) is 4.33 Å². The molecule has 0 aromatic heterocycles. The fraction of sp³-hybridized carbons (Fsp3) is 0.500. The summed E-state index contributed by atoms with van der Waals surface area (Å²) in [6, 6.07) is 7.24. The quantitative estimate of drug-likeness (QED) is 0.498. The van der Waals surface area contributed by atoms with Crippen LogP contribution in [-0.2, 0) is 15.9 Å². The van der Waals surface area contributed by atoms with Crippen LogP contribution in [0.15, 0.2) is 24.3 Å². The van der Waals surface area contributed by atoms with E-state index in [-0.39, 0.29) is 6.61 Å². The van der Waals surface area contributed by atoms with Crippen LogP contribution in [0.2, 0.25) is 0 Å². The molecule has 1 radical (unpaired) electrons. The van der Waals surface area contributed by atoms with Crippen molar-refractivity contribution < 1.29 is 5.11 Å². The van der Waals surface area contributed by atoms with Gasteiger partial charge in [0.25, 0.3) is 0 Å². The Bertz CT molecular complexity index is 386. The van der Waals surface area contributed by atoms with E-state index in [1.807, 2.05) is 6.07 Å². The van der Waals surface area contributed by atoms with Gasteiger partial charge in [-0.3, -0.25) is 0 Å². The zero-order valence-corrected chi connectivity index (χ0v) is 13.2. The lowest BCUT2D eigenvalue weighted by Crippen LogP contribution is -2.28. The molecule has 0 aliphatic rings. The number of unbranched alkanes of at least 4 members (excludes halogenated alkanes) is 1. The summed E-state index contributed by atoms with van der Waals surface area (Å²) in [5.41, 5.74) is 1.55. The van der Waals surface area contributed by atoms with Gasteiger partial charge < -0.3 is 0 Å². The topological polar surface area (TPSA) is 19.9 Å². The normalized spacial score (nSPS) is 12.8. The molecule has 101 valence electrons. The van der Waals surface area contributed by atoms with E-state index in [2.05, 4.69) is 0 Å². The molecule has 0 unspecified atom stereocenters. The van der Waals surface area contributed by atoms with Crippen LogP contribution in [0.25, 0.3) is 0 Å². The Morgan fingerprint density at radius 3 is 2.22 bits per heavy atom. The molecule has 0 fully saturated rings. The third-order valence-corrected chi connectivity index (χ3v) is 4.94. The molecule has 0 bridgehead atoms. The molecule has 0 amide bonds. The lowest BCUT2D eigenvalue weighted by atomic mass is 10.0. The monoisotopic (exact) mass is 347 g/mol. The number of benzene rings is 1. The van der Waals surface area contributed by atoms with Crippen molar-refractivity contribution in [3.05, 3.63) is 35.4 Å². The molecule has 0 heterocycles. The van der Waals surface area contributed by atoms with E-state index in [1.165, 1.54) is 0 Å². The third kappa shape index (κ3) is 4.33. The van der Waals surface area contributed by atoms with Gasteiger partial charge in [0, 0.05) is 0 Å². The van der Waals surface area contributed by atoms with E-state index in [0.717, 1.165) is 18.4 Å². The Balaban J connectivity index is 2.88. The Kier molecular flexibility index (Phi) is 6.37. The van der Waals surface area contributed by atoms with Gasteiger partial charge in [-0.1, -0.05) is 82.3 Å². The highest BCUT2D eigenvalue weighted by molar-refractivity contribution is 6.75. The first-order valence-corrected chi connectivity index (χ1v) is 7.30. The van der Waals surface area contributed by atoms with Crippen molar-refractivity contribution in [3.8, 4) is 0 Å². The molecular weight excluding hydrogens is 337 g/mol. The van der Waals surface area contributed by atoms with Gasteiger partial charge >= 0.3 is 0 Å². The maximum absolute atomic E-state index is 10.4. The van der Waals surface area contributed by atoms with E-state index in [4.69, 9.17) is 58.0 Å². The predicted molar refractivity (Wildman–Crippen MR) is 78.6 cm³/mol. The van der Waals surface area contributed by atoms with E-state index < -0.39 is 8.13 Å². The second-order valence-corrected chi connectivity index (χ2v) is 7.54. The van der Waals surface area contributed by atoms with Crippen molar-refractivity contribution in [1.82, 2.24) is 0 Å². The molecule has 0 aliphatic carbocycles. The van der Waals surface area contributed by atoms with Crippen molar-refractivity contribution in [2.75, 3.05) is 6.61 Å². The summed E-state index contributed by atoms with van der Waals surface area (Å²) in [6.45, 7) is -0.0667. The first kappa shape index (κ1) is 16.7. The second-order valence-electron chi connectivity index (χ2n) is 3.93. The largest absolute Gasteiger partial charge is 0.237 e. The van der Waals surface area contributed by atoms with Crippen LogP contribution in [0.4, 0.5) is 0 Å². The standard InChI is InChI=1S/C12H12Cl5O/c13-11(14,12(15,16)17)10-6-3-5-9(8-10)4-1-2-7-18/h3,5-6,8H,1-2,4,7H2. The van der Waals surface area contributed by atoms with Gasteiger partial charge in [-0.25, -0.2) is 5.11 Å². The van der Waals surface area contributed by atoms with Crippen LogP contribution in [0, 0.1) is 0 Å². The molecule has 1 aromatic carbocycles. The number of rotatable bonds is 5. The molecule has 6 heteroatoms. The van der Waals surface area contributed by atoms with Gasteiger partial charge in [-0.15, -0.1) is 0 Å². The number of hydrogen-bond donors (Lipinski definition) is 0. The Hall–Kier alpha value is 0.630. The first-order valence-electron chi connectivity index (χ1n) is 5.41. The number of halogens is 5. The third-order valence-electron chi connectivity index (χ3n) is 2.51. The highest BCUT2D eigenvalue weighted by Crippen LogP contribution is 2.52. The highest BCUT2D eigenvalue weighted by Gasteiger charge is 2.47. The van der Waals surface area contributed by atoms with Crippen LogP contribution in [-0.4, -0.2) is 10.4 Å². The average Bonchev–Trinajstić information content (AvgIpc) is 2.28. The number of hydrogen-bond acceptors (Lipinski definition) is 0. The molecule has 0 spiro atoms. The number of alkyl halides is 5. The van der Waals surface area contributed by atoms with Crippen LogP contribution < -0.4 is 0 Å². The maximum Gasteiger partial charge on any atom is 0.227 e. The maximum atomic E-state index is 10.4. The second kappa shape index (κ2) is 6.88. The van der Waals surface area contributed by atoms with Crippen molar-refractivity contribution in [3.63, 3.8) is 0 Å². The molecule has 0 atom stereocenters. The zero-order valence-electron chi connectivity index (χ0n) is 9.44. The van der Waals surface area contributed by atoms with Gasteiger partial charge in [0.2, 0.25) is 3.79 Å². The summed E-state index contributed by atoms with van der Waals surface area (Å²) < 4.78 is -3.42. The van der Waals surface area contributed by atoms with Crippen molar-refractivity contribution >= 4 is 58.0 Å². The molecule has 0 N–H and O–H groups in total. The highest BCUT2D eigenvalue weighted by atomic mass is 35.6. The summed E-state index contributed by atoms with van der Waals surface area (Å²) >= 11 is 29.5. The molecule has 1 rings (SSSR count). The van der Waals surface area contributed by atoms with Crippen LogP contribution in [0.3, 0.4) is 0 Å². The van der Waals surface area contributed by atoms with Gasteiger partial charge in [0.1, 0.15) is 0 Å². The fourth-order valence-corrected chi connectivity index (χ4v) is 2.08. The summed E-state index contributed by atoms with van der Waals surface area (Å²) in [4.78, 5) is 0. The van der Waals surface area contributed by atoms with E-state index in [9.17, 15) is 5.11 Å².